The Labute approximate surface area is 235 Å². The predicted molar refractivity (Wildman–Crippen MR) is 151 cm³/mol. The number of nitrogens with zero attached hydrogens (tertiary/aromatic N) is 7. The monoisotopic (exact) mass is 549 g/mol. The van der Waals surface area contributed by atoms with E-state index in [0.29, 0.717) is 40.0 Å². The van der Waals surface area contributed by atoms with E-state index in [0.717, 1.165) is 5.56 Å². The van der Waals surface area contributed by atoms with Crippen molar-refractivity contribution in [3.63, 3.8) is 0 Å². The van der Waals surface area contributed by atoms with E-state index in [2.05, 4.69) is 30.7 Å². The van der Waals surface area contributed by atoms with Gasteiger partial charge in [-0.2, -0.15) is 9.97 Å². The predicted octanol–water partition coefficient (Wildman–Crippen LogP) is 4.19. The third-order valence-electron chi connectivity index (χ3n) is 7.12. The highest BCUT2D eigenvalue weighted by molar-refractivity contribution is 5.99. The first-order valence-electron chi connectivity index (χ1n) is 13.0. The van der Waals surface area contributed by atoms with Gasteiger partial charge in [0.25, 0.3) is 11.8 Å². The molecule has 12 heteroatoms. The van der Waals surface area contributed by atoms with Gasteiger partial charge in [-0.3, -0.25) is 9.78 Å². The molecule has 0 fully saturated rings. The second-order valence-corrected chi connectivity index (χ2v) is 10.0. The highest BCUT2D eigenvalue weighted by Crippen LogP contribution is 2.37. The van der Waals surface area contributed by atoms with Gasteiger partial charge in [0.1, 0.15) is 22.9 Å². The zero-order chi connectivity index (χ0) is 28.6. The minimum Gasteiger partial charge on any atom is -0.394 e. The number of aliphatic hydroxyl groups excluding tert-OH is 1. The molecule has 0 radical (unpaired) electrons. The summed E-state index contributed by atoms with van der Waals surface area (Å²) in [6, 6.07) is 17.9. The fourth-order valence-corrected chi connectivity index (χ4v) is 4.60. The van der Waals surface area contributed by atoms with E-state index in [1.54, 1.807) is 48.6 Å². The lowest BCUT2D eigenvalue weighted by Crippen LogP contribution is -2.35. The van der Waals surface area contributed by atoms with E-state index in [-0.39, 0.29) is 24.4 Å². The third kappa shape index (κ3) is 4.85. The van der Waals surface area contributed by atoms with Gasteiger partial charge in [-0.05, 0) is 43.7 Å². The fraction of sp³-hybridized carbons (Fsp3) is 0.207. The van der Waals surface area contributed by atoms with E-state index in [9.17, 15) is 9.90 Å². The van der Waals surface area contributed by atoms with Gasteiger partial charge in [0.05, 0.1) is 29.4 Å². The Bertz CT molecular complexity index is 1710. The first-order chi connectivity index (χ1) is 19.8. The molecular weight excluding hydrogens is 522 g/mol. The van der Waals surface area contributed by atoms with Crippen LogP contribution < -0.4 is 10.6 Å². The molecule has 0 aliphatic carbocycles. The van der Waals surface area contributed by atoms with Crippen molar-refractivity contribution in [3.05, 3.63) is 89.9 Å². The van der Waals surface area contributed by atoms with Gasteiger partial charge >= 0.3 is 0 Å². The van der Waals surface area contributed by atoms with Crippen molar-refractivity contribution >= 4 is 23.5 Å². The Kier molecular flexibility index (Phi) is 6.59. The number of hydrogen-bond donors (Lipinski definition) is 3. The van der Waals surface area contributed by atoms with Crippen molar-refractivity contribution in [3.8, 4) is 23.0 Å². The molecule has 1 aliphatic heterocycles. The number of aromatic nitrogens is 6. The normalized spacial score (nSPS) is 14.5. The summed E-state index contributed by atoms with van der Waals surface area (Å²) < 4.78 is 5.57. The molecule has 0 bridgehead atoms. The summed E-state index contributed by atoms with van der Waals surface area (Å²) in [4.78, 5) is 37.0. The molecule has 206 valence electrons. The van der Waals surface area contributed by atoms with Gasteiger partial charge in [-0.25, -0.2) is 9.97 Å². The summed E-state index contributed by atoms with van der Waals surface area (Å²) in [6.07, 6.45) is 3.21. The highest BCUT2D eigenvalue weighted by Gasteiger charge is 2.42. The van der Waals surface area contributed by atoms with Crippen LogP contribution in [-0.2, 0) is 5.54 Å². The maximum absolute atomic E-state index is 12.6. The van der Waals surface area contributed by atoms with Gasteiger partial charge in [0.15, 0.2) is 0 Å². The summed E-state index contributed by atoms with van der Waals surface area (Å²) in [6.45, 7) is 3.70. The van der Waals surface area contributed by atoms with Gasteiger partial charge in [-0.1, -0.05) is 41.6 Å². The van der Waals surface area contributed by atoms with Crippen LogP contribution in [0.2, 0.25) is 0 Å². The Morgan fingerprint density at radius 2 is 1.78 bits per heavy atom. The van der Waals surface area contributed by atoms with Crippen molar-refractivity contribution < 1.29 is 14.4 Å². The molecule has 0 unspecified atom stereocenters. The van der Waals surface area contributed by atoms with Gasteiger partial charge in [-0.15, -0.1) is 0 Å². The van der Waals surface area contributed by atoms with Crippen LogP contribution >= 0.6 is 0 Å². The Balaban J connectivity index is 1.36. The molecule has 5 aromatic rings. The molecule has 1 aromatic carbocycles. The Hall–Kier alpha value is -5.23. The molecule has 3 N–H and O–H groups in total. The molecular formula is C29H27N9O3. The zero-order valence-electron chi connectivity index (χ0n) is 22.6. The number of nitrogens with one attached hydrogen (secondary N) is 2. The number of carbonyl (C=O) groups is 1. The number of benzene rings is 1. The van der Waals surface area contributed by atoms with Crippen LogP contribution in [0.1, 0.15) is 41.5 Å². The first kappa shape index (κ1) is 26.0. The number of hydrogen-bond acceptors (Lipinski definition) is 11. The topological polar surface area (TPSA) is 155 Å². The fourth-order valence-electron chi connectivity index (χ4n) is 4.60. The third-order valence-corrected chi connectivity index (χ3v) is 7.12. The van der Waals surface area contributed by atoms with Crippen molar-refractivity contribution in [2.75, 3.05) is 24.3 Å². The Morgan fingerprint density at radius 1 is 0.976 bits per heavy atom. The smallest absolute Gasteiger partial charge is 0.263 e. The van der Waals surface area contributed by atoms with Crippen LogP contribution in [0.3, 0.4) is 0 Å². The number of aliphatic hydroxyl groups is 1. The SMILES string of the molecule is CN1C(=O)c2ccc(Nc3ncc(-c4nc(-c5ccccn5)no4)c(N[C@H](CO)c4ccccc4)n3)nc2C1(C)C. The van der Waals surface area contributed by atoms with Crippen LogP contribution in [0, 0.1) is 0 Å². The molecule has 1 aliphatic rings. The summed E-state index contributed by atoms with van der Waals surface area (Å²) in [5, 5.41) is 20.7. The van der Waals surface area contributed by atoms with Crippen molar-refractivity contribution in [1.29, 1.82) is 0 Å². The highest BCUT2D eigenvalue weighted by atomic mass is 16.5. The average molecular weight is 550 g/mol. The number of anilines is 3. The standard InChI is InChI=1S/C29H27N9O3/c1-29(2)23-18(27(40)38(29)3)12-13-22(33-23)34-28-31-15-19(26-35-25(37-41-26)20-11-7-8-14-30-20)24(36-28)32-21(16-39)17-9-5-4-6-10-17/h4-15,21,39H,16H2,1-3H3,(H2,31,32,33,34,36)/t21-/m1/s1. The minimum atomic E-state index is -0.561. The summed E-state index contributed by atoms with van der Waals surface area (Å²) in [5.74, 6) is 1.52. The summed E-state index contributed by atoms with van der Waals surface area (Å²) >= 11 is 0. The summed E-state index contributed by atoms with van der Waals surface area (Å²) in [7, 11) is 1.76. The van der Waals surface area contributed by atoms with Crippen LogP contribution in [-0.4, -0.2) is 59.6 Å². The second kappa shape index (κ2) is 10.4. The van der Waals surface area contributed by atoms with E-state index in [4.69, 9.17) is 14.5 Å². The molecule has 1 amide bonds. The van der Waals surface area contributed by atoms with E-state index in [1.165, 1.54) is 0 Å². The molecule has 5 heterocycles. The number of amides is 1. The quantitative estimate of drug-likeness (QED) is 0.255. The van der Waals surface area contributed by atoms with Crippen molar-refractivity contribution in [2.24, 2.45) is 0 Å². The molecule has 0 spiro atoms. The number of fused-ring (bicyclic) bond motifs is 1. The molecule has 6 rings (SSSR count). The van der Waals surface area contributed by atoms with Gasteiger partial charge < -0.3 is 25.2 Å². The van der Waals surface area contributed by atoms with Crippen LogP contribution in [0.25, 0.3) is 23.0 Å². The number of rotatable bonds is 8. The minimum absolute atomic E-state index is 0.0725. The summed E-state index contributed by atoms with van der Waals surface area (Å²) in [5.41, 5.74) is 2.54. The molecule has 1 atom stereocenters. The number of carbonyl (C=O) groups excluding carboxylic acids is 1. The zero-order valence-corrected chi connectivity index (χ0v) is 22.6. The molecule has 12 nitrogen and oxygen atoms in total. The first-order valence-corrected chi connectivity index (χ1v) is 13.0. The van der Waals surface area contributed by atoms with Gasteiger partial charge in [0, 0.05) is 19.4 Å². The van der Waals surface area contributed by atoms with Crippen LogP contribution in [0.5, 0.6) is 0 Å². The maximum atomic E-state index is 12.6. The molecule has 0 saturated carbocycles. The lowest BCUT2D eigenvalue weighted by atomic mass is 10.00. The van der Waals surface area contributed by atoms with Crippen molar-refractivity contribution in [1.82, 2.24) is 35.0 Å². The average Bonchev–Trinajstić information content (AvgIpc) is 3.55. The number of pyridine rings is 2. The molecule has 4 aromatic heterocycles. The molecule has 41 heavy (non-hydrogen) atoms. The van der Waals surface area contributed by atoms with Gasteiger partial charge in [0.2, 0.25) is 11.8 Å². The van der Waals surface area contributed by atoms with Crippen LogP contribution in [0.15, 0.2) is 77.6 Å². The van der Waals surface area contributed by atoms with E-state index >= 15 is 0 Å². The van der Waals surface area contributed by atoms with Crippen molar-refractivity contribution in [2.45, 2.75) is 25.4 Å². The van der Waals surface area contributed by atoms with Crippen LogP contribution in [0.4, 0.5) is 17.6 Å². The lowest BCUT2D eigenvalue weighted by Gasteiger charge is -2.27. The Morgan fingerprint density at radius 3 is 2.54 bits per heavy atom. The lowest BCUT2D eigenvalue weighted by molar-refractivity contribution is 0.0688. The maximum Gasteiger partial charge on any atom is 0.263 e. The largest absolute Gasteiger partial charge is 0.394 e. The second-order valence-electron chi connectivity index (χ2n) is 10.0. The van der Waals surface area contributed by atoms with E-state index < -0.39 is 11.6 Å². The van der Waals surface area contributed by atoms with E-state index in [1.807, 2.05) is 50.2 Å². The molecule has 0 saturated heterocycles.